The van der Waals surface area contributed by atoms with Crippen molar-refractivity contribution in [1.82, 2.24) is 19.3 Å². The summed E-state index contributed by atoms with van der Waals surface area (Å²) in [5.41, 5.74) is 3.92. The normalized spacial score (nSPS) is 11.3. The van der Waals surface area contributed by atoms with Gasteiger partial charge in [0.2, 0.25) is 0 Å². The van der Waals surface area contributed by atoms with Gasteiger partial charge in [0.1, 0.15) is 10.6 Å². The third kappa shape index (κ3) is 6.39. The van der Waals surface area contributed by atoms with Gasteiger partial charge in [-0.1, -0.05) is 67.9 Å². The fraction of sp³-hybridized carbons (Fsp3) is 0.250. The largest absolute Gasteiger partial charge is 0.497 e. The van der Waals surface area contributed by atoms with E-state index in [1.807, 2.05) is 49.4 Å². The van der Waals surface area contributed by atoms with Crippen molar-refractivity contribution >= 4 is 27.3 Å². The summed E-state index contributed by atoms with van der Waals surface area (Å²) in [5.74, 6) is -0.0230. The van der Waals surface area contributed by atoms with Crippen LogP contribution >= 0.6 is 11.3 Å². The molecule has 0 aliphatic heterocycles. The molecular weight excluding hydrogens is 616 g/mol. The van der Waals surface area contributed by atoms with E-state index in [1.165, 1.54) is 11.3 Å². The molecule has 0 aliphatic carbocycles. The van der Waals surface area contributed by atoms with Gasteiger partial charge in [-0.25, -0.2) is 9.59 Å². The Balaban J connectivity index is 1.44. The van der Waals surface area contributed by atoms with Crippen LogP contribution < -0.4 is 21.7 Å². The number of ether oxygens (including phenoxy) is 1. The molecular formula is C36H34N4O6S. The van der Waals surface area contributed by atoms with Gasteiger partial charge < -0.3 is 4.74 Å². The van der Waals surface area contributed by atoms with Crippen LogP contribution in [0.5, 0.6) is 5.75 Å². The molecule has 3 aromatic heterocycles. The van der Waals surface area contributed by atoms with Crippen molar-refractivity contribution in [1.29, 1.82) is 0 Å². The van der Waals surface area contributed by atoms with E-state index in [4.69, 9.17) is 9.26 Å². The molecule has 240 valence electrons. The van der Waals surface area contributed by atoms with E-state index in [1.54, 1.807) is 35.9 Å². The van der Waals surface area contributed by atoms with Crippen LogP contribution in [-0.2, 0) is 25.9 Å². The van der Waals surface area contributed by atoms with Crippen molar-refractivity contribution in [2.45, 2.75) is 52.6 Å². The maximum atomic E-state index is 14.1. The van der Waals surface area contributed by atoms with Crippen LogP contribution in [0.25, 0.3) is 32.7 Å². The molecule has 0 radical (unpaired) electrons. The van der Waals surface area contributed by atoms with Crippen molar-refractivity contribution in [3.63, 3.8) is 0 Å². The van der Waals surface area contributed by atoms with Crippen LogP contribution in [0.2, 0.25) is 0 Å². The molecule has 6 aromatic rings. The lowest BCUT2D eigenvalue weighted by Gasteiger charge is -2.16. The number of hydrogen-bond donors (Lipinski definition) is 1. The second kappa shape index (κ2) is 13.6. The van der Waals surface area contributed by atoms with Crippen molar-refractivity contribution in [2.24, 2.45) is 0 Å². The lowest BCUT2D eigenvalue weighted by molar-refractivity contribution is 0.0969. The third-order valence-corrected chi connectivity index (χ3v) is 9.58. The number of rotatable bonds is 12. The summed E-state index contributed by atoms with van der Waals surface area (Å²) in [6.45, 7) is 3.99. The van der Waals surface area contributed by atoms with Crippen molar-refractivity contribution in [3.05, 3.63) is 126 Å². The van der Waals surface area contributed by atoms with E-state index >= 15 is 0 Å². The number of nitrogens with zero attached hydrogens (tertiary/aromatic N) is 3. The Morgan fingerprint density at radius 1 is 0.936 bits per heavy atom. The maximum Gasteiger partial charge on any atom is 0.439 e. The maximum absolute atomic E-state index is 14.1. The number of benzene rings is 3. The zero-order valence-corrected chi connectivity index (χ0v) is 27.2. The van der Waals surface area contributed by atoms with Gasteiger partial charge in [0.05, 0.1) is 25.6 Å². The van der Waals surface area contributed by atoms with Crippen molar-refractivity contribution in [3.8, 4) is 28.3 Å². The predicted molar refractivity (Wildman–Crippen MR) is 183 cm³/mol. The monoisotopic (exact) mass is 650 g/mol. The first-order valence-electron chi connectivity index (χ1n) is 15.5. The van der Waals surface area contributed by atoms with Crippen molar-refractivity contribution < 1.29 is 14.1 Å². The number of fused-ring (bicyclic) bond motifs is 1. The quantitative estimate of drug-likeness (QED) is 0.159. The van der Waals surface area contributed by atoms with Gasteiger partial charge in [-0.3, -0.25) is 28.2 Å². The molecule has 0 amide bonds. The highest BCUT2D eigenvalue weighted by Crippen LogP contribution is 2.32. The van der Waals surface area contributed by atoms with Crippen LogP contribution in [0, 0.1) is 0 Å². The summed E-state index contributed by atoms with van der Waals surface area (Å²) in [4.78, 5) is 56.9. The Bertz CT molecular complexity index is 2250. The van der Waals surface area contributed by atoms with Gasteiger partial charge >= 0.3 is 11.4 Å². The number of thiophene rings is 1. The second-order valence-corrected chi connectivity index (χ2v) is 12.4. The molecule has 10 nitrogen and oxygen atoms in total. The lowest BCUT2D eigenvalue weighted by atomic mass is 9.93. The summed E-state index contributed by atoms with van der Waals surface area (Å²) in [6, 6.07) is 22.2. The average Bonchev–Trinajstić information content (AvgIpc) is 3.74. The highest BCUT2D eigenvalue weighted by atomic mass is 32.1. The number of ketones is 1. The first kappa shape index (κ1) is 31.7. The SMILES string of the molecule is CCCCc1cc(-c2ccccc2-c2noc(=O)[nH]2)ccc1Cn1c(=O)n(CC(=O)c2ccc(OC)cc2)c(=O)c2cc(CC)sc21. The number of hydrogen-bond acceptors (Lipinski definition) is 8. The molecule has 3 aromatic carbocycles. The van der Waals surface area contributed by atoms with Gasteiger partial charge in [0.15, 0.2) is 11.6 Å². The summed E-state index contributed by atoms with van der Waals surface area (Å²) in [6.07, 6.45) is 3.41. The van der Waals surface area contributed by atoms with Gasteiger partial charge in [-0.05, 0) is 71.8 Å². The van der Waals surface area contributed by atoms with E-state index in [0.29, 0.717) is 33.8 Å². The zero-order chi connectivity index (χ0) is 33.1. The number of methoxy groups -OCH3 is 1. The van der Waals surface area contributed by atoms with Crippen LogP contribution in [0.4, 0.5) is 0 Å². The topological polar surface area (TPSA) is 129 Å². The first-order chi connectivity index (χ1) is 22.8. The predicted octanol–water partition coefficient (Wildman–Crippen LogP) is 6.08. The molecule has 0 spiro atoms. The van der Waals surface area contributed by atoms with Crippen LogP contribution in [0.15, 0.2) is 91.7 Å². The summed E-state index contributed by atoms with van der Waals surface area (Å²) in [7, 11) is 1.54. The highest BCUT2D eigenvalue weighted by molar-refractivity contribution is 7.18. The molecule has 0 atom stereocenters. The summed E-state index contributed by atoms with van der Waals surface area (Å²) >= 11 is 1.43. The summed E-state index contributed by atoms with van der Waals surface area (Å²) in [5, 5.41) is 4.32. The number of carbonyl (C=O) groups excluding carboxylic acids is 1. The summed E-state index contributed by atoms with van der Waals surface area (Å²) < 4.78 is 12.6. The Morgan fingerprint density at radius 2 is 1.70 bits per heavy atom. The Hall–Kier alpha value is -5.29. The minimum Gasteiger partial charge on any atom is -0.497 e. The van der Waals surface area contributed by atoms with E-state index in [0.717, 1.165) is 56.5 Å². The van der Waals surface area contributed by atoms with E-state index in [-0.39, 0.29) is 18.9 Å². The fourth-order valence-corrected chi connectivity index (χ4v) is 6.80. The third-order valence-electron chi connectivity index (χ3n) is 8.28. The number of aryl methyl sites for hydroxylation is 2. The molecule has 0 saturated heterocycles. The number of aromatic nitrogens is 4. The highest BCUT2D eigenvalue weighted by Gasteiger charge is 2.20. The van der Waals surface area contributed by atoms with Crippen LogP contribution in [0.1, 0.15) is 53.1 Å². The number of unbranched alkanes of at least 4 members (excludes halogenated alkanes) is 1. The number of H-pyrrole nitrogens is 1. The molecule has 0 bridgehead atoms. The molecule has 47 heavy (non-hydrogen) atoms. The van der Waals surface area contributed by atoms with Gasteiger partial charge in [-0.2, -0.15) is 0 Å². The Labute approximate surface area is 273 Å². The average molecular weight is 651 g/mol. The lowest BCUT2D eigenvalue weighted by Crippen LogP contribution is -2.41. The first-order valence-corrected chi connectivity index (χ1v) is 16.3. The van der Waals surface area contributed by atoms with Gasteiger partial charge in [-0.15, -0.1) is 11.3 Å². The zero-order valence-electron chi connectivity index (χ0n) is 26.4. The second-order valence-electron chi connectivity index (χ2n) is 11.3. The minimum atomic E-state index is -0.627. The van der Waals surface area contributed by atoms with Crippen molar-refractivity contribution in [2.75, 3.05) is 7.11 Å². The molecule has 11 heteroatoms. The molecule has 0 fully saturated rings. The molecule has 0 saturated carbocycles. The van der Waals surface area contributed by atoms with Gasteiger partial charge in [0, 0.05) is 16.0 Å². The van der Waals surface area contributed by atoms with Crippen LogP contribution in [-0.4, -0.2) is 32.2 Å². The van der Waals surface area contributed by atoms with E-state index < -0.39 is 17.0 Å². The van der Waals surface area contributed by atoms with Crippen LogP contribution in [0.3, 0.4) is 0 Å². The fourth-order valence-electron chi connectivity index (χ4n) is 5.72. The number of Topliss-reactive ketones (excluding diaryl/α,β-unsaturated/α-hetero) is 1. The molecule has 0 unspecified atom stereocenters. The molecule has 1 N–H and O–H groups in total. The molecule has 3 heterocycles. The number of aromatic amines is 1. The van der Waals surface area contributed by atoms with Gasteiger partial charge in [0.25, 0.3) is 5.56 Å². The Morgan fingerprint density at radius 3 is 2.38 bits per heavy atom. The Kier molecular flexibility index (Phi) is 9.17. The standard InChI is InChI=1S/C36H34N4O6S/c1-4-6-9-23-18-24(28-10-7-8-11-29(28)32-37-35(43)46-38-32)12-13-25(23)20-40-34-30(19-27(5-2)47-34)33(42)39(36(40)44)21-31(41)22-14-16-26(45-3)17-15-22/h7-8,10-19H,4-6,9,20-21H2,1-3H3,(H,37,38,43). The molecule has 0 aliphatic rings. The minimum absolute atomic E-state index is 0.230. The van der Waals surface area contributed by atoms with E-state index in [9.17, 15) is 19.2 Å². The molecule has 6 rings (SSSR count). The number of carbonyl (C=O) groups is 1. The smallest absolute Gasteiger partial charge is 0.439 e. The number of nitrogens with one attached hydrogen (secondary N) is 1. The van der Waals surface area contributed by atoms with E-state index in [2.05, 4.69) is 23.1 Å².